The van der Waals surface area contributed by atoms with Crippen molar-refractivity contribution in [2.24, 2.45) is 5.41 Å². The quantitative estimate of drug-likeness (QED) is 0.708. The van der Waals surface area contributed by atoms with Crippen LogP contribution < -0.4 is 16.0 Å². The van der Waals surface area contributed by atoms with E-state index in [4.69, 9.17) is 0 Å². The molecule has 0 radical (unpaired) electrons. The molecule has 0 aliphatic heterocycles. The summed E-state index contributed by atoms with van der Waals surface area (Å²) >= 11 is 0. The van der Waals surface area contributed by atoms with Crippen LogP contribution in [0.5, 0.6) is 0 Å². The average Bonchev–Trinajstić information content (AvgIpc) is 3.19. The maximum atomic E-state index is 12.0. The first-order valence-electron chi connectivity index (χ1n) is 9.45. The summed E-state index contributed by atoms with van der Waals surface area (Å²) in [7, 11) is 0. The van der Waals surface area contributed by atoms with Crippen LogP contribution in [0, 0.1) is 5.41 Å². The van der Waals surface area contributed by atoms with Crippen molar-refractivity contribution in [3.05, 3.63) is 12.4 Å². The number of nitrogens with one attached hydrogen (secondary N) is 3. The summed E-state index contributed by atoms with van der Waals surface area (Å²) in [5, 5.41) is 12.9. The van der Waals surface area contributed by atoms with Crippen molar-refractivity contribution >= 4 is 17.6 Å². The van der Waals surface area contributed by atoms with Crippen molar-refractivity contribution < 1.29 is 9.59 Å². The molecule has 2 aliphatic rings. The Bertz CT molecular complexity index is 597. The van der Waals surface area contributed by atoms with Gasteiger partial charge in [0.05, 0.1) is 11.9 Å². The van der Waals surface area contributed by atoms with Crippen molar-refractivity contribution in [1.82, 2.24) is 20.4 Å². The van der Waals surface area contributed by atoms with Gasteiger partial charge in [0.1, 0.15) is 6.54 Å². The largest absolute Gasteiger partial charge is 0.352 e. The fourth-order valence-corrected chi connectivity index (χ4v) is 3.78. The Hall–Kier alpha value is -2.05. The third-order valence-corrected chi connectivity index (χ3v) is 5.71. The van der Waals surface area contributed by atoms with Gasteiger partial charge in [-0.15, -0.1) is 0 Å². The number of hydrogen-bond donors (Lipinski definition) is 3. The van der Waals surface area contributed by atoms with E-state index in [0.29, 0.717) is 23.7 Å². The molecule has 3 rings (SSSR count). The molecule has 1 aromatic heterocycles. The molecule has 0 saturated heterocycles. The van der Waals surface area contributed by atoms with Crippen molar-refractivity contribution in [3.63, 3.8) is 0 Å². The van der Waals surface area contributed by atoms with Crippen LogP contribution in [0.3, 0.4) is 0 Å². The smallest absolute Gasteiger partial charge is 0.319 e. The average molecular weight is 347 g/mol. The zero-order valence-electron chi connectivity index (χ0n) is 15.0. The zero-order chi connectivity index (χ0) is 17.7. The Morgan fingerprint density at radius 1 is 1.28 bits per heavy atom. The summed E-state index contributed by atoms with van der Waals surface area (Å²) in [6, 6.07) is 0.0958. The number of urea groups is 1. The molecule has 0 aromatic carbocycles. The SMILES string of the molecule is CCC1(CNC(=O)Nc2cnn(CC(=O)NC3CCCC3)c2)CCC1. The first-order chi connectivity index (χ1) is 12.1. The van der Waals surface area contributed by atoms with Crippen LogP contribution in [-0.2, 0) is 11.3 Å². The molecule has 0 unspecified atom stereocenters. The topological polar surface area (TPSA) is 88.1 Å². The Labute approximate surface area is 148 Å². The monoisotopic (exact) mass is 347 g/mol. The number of carbonyl (C=O) groups is 2. The molecular formula is C18H29N5O2. The van der Waals surface area contributed by atoms with Gasteiger partial charge in [0.25, 0.3) is 0 Å². The van der Waals surface area contributed by atoms with E-state index in [9.17, 15) is 9.59 Å². The van der Waals surface area contributed by atoms with Gasteiger partial charge in [-0.2, -0.15) is 5.10 Å². The summed E-state index contributed by atoms with van der Waals surface area (Å²) in [5.74, 6) is -0.0270. The number of anilines is 1. The van der Waals surface area contributed by atoms with Crippen molar-refractivity contribution in [2.45, 2.75) is 70.9 Å². The van der Waals surface area contributed by atoms with Crippen LogP contribution in [0.4, 0.5) is 10.5 Å². The lowest BCUT2D eigenvalue weighted by molar-refractivity contribution is -0.122. The first kappa shape index (κ1) is 17.8. The molecule has 3 N–H and O–H groups in total. The maximum Gasteiger partial charge on any atom is 0.319 e. The molecule has 7 nitrogen and oxygen atoms in total. The number of nitrogens with zero attached hydrogens (tertiary/aromatic N) is 2. The third-order valence-electron chi connectivity index (χ3n) is 5.71. The second-order valence-corrected chi connectivity index (χ2v) is 7.49. The van der Waals surface area contributed by atoms with Gasteiger partial charge >= 0.3 is 6.03 Å². The van der Waals surface area contributed by atoms with E-state index in [1.54, 1.807) is 17.1 Å². The van der Waals surface area contributed by atoms with E-state index in [0.717, 1.165) is 19.3 Å². The van der Waals surface area contributed by atoms with E-state index in [1.807, 2.05) is 0 Å². The molecule has 2 fully saturated rings. The number of aromatic nitrogens is 2. The van der Waals surface area contributed by atoms with E-state index in [1.165, 1.54) is 32.1 Å². The summed E-state index contributed by atoms with van der Waals surface area (Å²) in [5.41, 5.74) is 0.894. The molecule has 2 saturated carbocycles. The van der Waals surface area contributed by atoms with E-state index in [-0.39, 0.29) is 18.5 Å². The van der Waals surface area contributed by atoms with E-state index < -0.39 is 0 Å². The summed E-state index contributed by atoms with van der Waals surface area (Å²) in [6.07, 6.45) is 12.5. The second kappa shape index (κ2) is 7.89. The molecule has 2 aliphatic carbocycles. The van der Waals surface area contributed by atoms with Crippen LogP contribution in [0.25, 0.3) is 0 Å². The number of rotatable bonds is 7. The van der Waals surface area contributed by atoms with Gasteiger partial charge in [-0.05, 0) is 37.5 Å². The maximum absolute atomic E-state index is 12.0. The molecule has 7 heteroatoms. The number of hydrogen-bond acceptors (Lipinski definition) is 3. The minimum Gasteiger partial charge on any atom is -0.352 e. The molecule has 1 heterocycles. The van der Waals surface area contributed by atoms with E-state index >= 15 is 0 Å². The molecule has 0 spiro atoms. The Balaban J connectivity index is 1.41. The minimum atomic E-state index is -0.213. The highest BCUT2D eigenvalue weighted by Gasteiger charge is 2.35. The van der Waals surface area contributed by atoms with Gasteiger partial charge in [0, 0.05) is 18.8 Å². The van der Waals surface area contributed by atoms with Crippen LogP contribution in [0.15, 0.2) is 12.4 Å². The lowest BCUT2D eigenvalue weighted by Crippen LogP contribution is -2.43. The molecule has 0 atom stereocenters. The van der Waals surface area contributed by atoms with E-state index in [2.05, 4.69) is 28.0 Å². The third kappa shape index (κ3) is 4.74. The predicted octanol–water partition coefficient (Wildman–Crippen LogP) is 2.64. The predicted molar refractivity (Wildman–Crippen MR) is 96.2 cm³/mol. The lowest BCUT2D eigenvalue weighted by atomic mass is 9.67. The van der Waals surface area contributed by atoms with Crippen LogP contribution in [-0.4, -0.2) is 34.3 Å². The number of amides is 3. The number of carbonyl (C=O) groups excluding carboxylic acids is 2. The van der Waals surface area contributed by atoms with Crippen LogP contribution in [0.2, 0.25) is 0 Å². The van der Waals surface area contributed by atoms with Gasteiger partial charge in [0.15, 0.2) is 0 Å². The summed E-state index contributed by atoms with van der Waals surface area (Å²) in [4.78, 5) is 24.1. The summed E-state index contributed by atoms with van der Waals surface area (Å²) in [6.45, 7) is 3.07. The minimum absolute atomic E-state index is 0.0270. The van der Waals surface area contributed by atoms with Gasteiger partial charge < -0.3 is 16.0 Å². The van der Waals surface area contributed by atoms with Crippen LogP contribution >= 0.6 is 0 Å². The molecular weight excluding hydrogens is 318 g/mol. The molecule has 3 amide bonds. The Morgan fingerprint density at radius 2 is 2.04 bits per heavy atom. The molecule has 0 bridgehead atoms. The highest BCUT2D eigenvalue weighted by Crippen LogP contribution is 2.43. The highest BCUT2D eigenvalue weighted by molar-refractivity contribution is 5.89. The molecule has 25 heavy (non-hydrogen) atoms. The van der Waals surface area contributed by atoms with Crippen molar-refractivity contribution in [3.8, 4) is 0 Å². The van der Waals surface area contributed by atoms with Crippen molar-refractivity contribution in [2.75, 3.05) is 11.9 Å². The zero-order valence-corrected chi connectivity index (χ0v) is 15.0. The summed E-state index contributed by atoms with van der Waals surface area (Å²) < 4.78 is 1.55. The fourth-order valence-electron chi connectivity index (χ4n) is 3.78. The second-order valence-electron chi connectivity index (χ2n) is 7.49. The standard InChI is InChI=1S/C18H29N5O2/c1-2-18(8-5-9-18)13-19-17(25)22-15-10-20-23(11-15)12-16(24)21-14-6-3-4-7-14/h10-11,14H,2-9,12-13H2,1H3,(H,21,24)(H2,19,22,25). The first-order valence-corrected chi connectivity index (χ1v) is 9.45. The molecule has 1 aromatic rings. The Morgan fingerprint density at radius 3 is 2.68 bits per heavy atom. The normalized spacial score (nSPS) is 19.2. The van der Waals surface area contributed by atoms with Crippen molar-refractivity contribution in [1.29, 1.82) is 0 Å². The van der Waals surface area contributed by atoms with Gasteiger partial charge in [-0.3, -0.25) is 9.48 Å². The molecule has 138 valence electrons. The fraction of sp³-hybridized carbons (Fsp3) is 0.722. The Kier molecular flexibility index (Phi) is 5.60. The van der Waals surface area contributed by atoms with Gasteiger partial charge in [-0.25, -0.2) is 4.79 Å². The lowest BCUT2D eigenvalue weighted by Gasteiger charge is -2.41. The van der Waals surface area contributed by atoms with Crippen LogP contribution in [0.1, 0.15) is 58.3 Å². The van der Waals surface area contributed by atoms with Gasteiger partial charge in [0.2, 0.25) is 5.91 Å². The van der Waals surface area contributed by atoms with Gasteiger partial charge in [-0.1, -0.05) is 26.2 Å². The highest BCUT2D eigenvalue weighted by atomic mass is 16.2.